The third-order valence-corrected chi connectivity index (χ3v) is 7.78. The van der Waals surface area contributed by atoms with Gasteiger partial charge in [0.05, 0.1) is 18.1 Å². The minimum absolute atomic E-state index is 0.0479. The monoisotopic (exact) mass is 446 g/mol. The van der Waals surface area contributed by atoms with Gasteiger partial charge in [0.1, 0.15) is 6.10 Å². The second-order valence-electron chi connectivity index (χ2n) is 9.10. The Hall–Kier alpha value is -1.61. The number of carbonyl (C=O) groups is 1. The fourth-order valence-corrected chi connectivity index (χ4v) is 6.31. The Kier molecular flexibility index (Phi) is 7.21. The van der Waals surface area contributed by atoms with Crippen LogP contribution in [0.2, 0.25) is 0 Å². The Morgan fingerprint density at radius 2 is 1.87 bits per heavy atom. The summed E-state index contributed by atoms with van der Waals surface area (Å²) in [7, 11) is 0. The minimum atomic E-state index is -0.951. The third kappa shape index (κ3) is 5.42. The highest BCUT2D eigenvalue weighted by molar-refractivity contribution is 8.15. The van der Waals surface area contributed by atoms with Crippen molar-refractivity contribution in [2.45, 2.75) is 63.0 Å². The van der Waals surface area contributed by atoms with Gasteiger partial charge >= 0.3 is 0 Å². The first-order valence-electron chi connectivity index (χ1n) is 11.4. The highest BCUT2D eigenvalue weighted by Gasteiger charge is 2.50. The van der Waals surface area contributed by atoms with Gasteiger partial charge in [-0.05, 0) is 69.5 Å². The molecule has 1 amide bonds. The summed E-state index contributed by atoms with van der Waals surface area (Å²) >= 11 is 1.50. The second-order valence-corrected chi connectivity index (χ2v) is 10.3. The zero-order chi connectivity index (χ0) is 22.0. The van der Waals surface area contributed by atoms with Crippen LogP contribution in [0.5, 0.6) is 0 Å². The SMILES string of the molecule is Cc1cc(C)cc(NC2=N[C@H]3[C@@H](O)[C@H](O)C[C@H](C(=O)NCCN4CCCCC4)[C@H]3S2)c1. The van der Waals surface area contributed by atoms with Crippen molar-refractivity contribution in [3.05, 3.63) is 29.3 Å². The molecule has 1 saturated carbocycles. The summed E-state index contributed by atoms with van der Waals surface area (Å²) in [6.45, 7) is 7.78. The van der Waals surface area contributed by atoms with E-state index >= 15 is 0 Å². The molecule has 0 bridgehead atoms. The van der Waals surface area contributed by atoms with E-state index in [2.05, 4.69) is 26.6 Å². The maximum absolute atomic E-state index is 13.0. The molecule has 31 heavy (non-hydrogen) atoms. The lowest BCUT2D eigenvalue weighted by molar-refractivity contribution is -0.129. The zero-order valence-corrected chi connectivity index (χ0v) is 19.2. The summed E-state index contributed by atoms with van der Waals surface area (Å²) in [6, 6.07) is 5.72. The van der Waals surface area contributed by atoms with Crippen LogP contribution < -0.4 is 10.6 Å². The van der Waals surface area contributed by atoms with Crippen LogP contribution in [0.15, 0.2) is 23.2 Å². The van der Waals surface area contributed by atoms with E-state index in [0.29, 0.717) is 11.7 Å². The second kappa shape index (κ2) is 9.90. The highest BCUT2D eigenvalue weighted by Crippen LogP contribution is 2.41. The van der Waals surface area contributed by atoms with Crippen molar-refractivity contribution >= 4 is 28.5 Å². The summed E-state index contributed by atoms with van der Waals surface area (Å²) in [6.07, 6.45) is 2.13. The van der Waals surface area contributed by atoms with Gasteiger partial charge in [-0.1, -0.05) is 24.2 Å². The van der Waals surface area contributed by atoms with Crippen LogP contribution in [0.1, 0.15) is 36.8 Å². The van der Waals surface area contributed by atoms with Crippen molar-refractivity contribution in [1.82, 2.24) is 10.2 Å². The van der Waals surface area contributed by atoms with E-state index in [0.717, 1.165) is 36.4 Å². The number of aliphatic hydroxyl groups excluding tert-OH is 2. The number of amides is 1. The fraction of sp³-hybridized carbons (Fsp3) is 0.652. The lowest BCUT2D eigenvalue weighted by atomic mass is 9.81. The number of carbonyl (C=O) groups excluding carboxylic acids is 1. The molecule has 5 atom stereocenters. The summed E-state index contributed by atoms with van der Waals surface area (Å²) in [5.74, 6) is -0.426. The van der Waals surface area contributed by atoms with Crippen LogP contribution in [0.3, 0.4) is 0 Å². The van der Waals surface area contributed by atoms with Crippen molar-refractivity contribution in [2.24, 2.45) is 10.9 Å². The van der Waals surface area contributed by atoms with Crippen molar-refractivity contribution in [3.8, 4) is 0 Å². The first-order valence-corrected chi connectivity index (χ1v) is 12.2. The number of nitrogens with zero attached hydrogens (tertiary/aromatic N) is 2. The summed E-state index contributed by atoms with van der Waals surface area (Å²) in [4.78, 5) is 20.0. The fourth-order valence-electron chi connectivity index (χ4n) is 4.93. The highest BCUT2D eigenvalue weighted by atomic mass is 32.2. The number of nitrogens with one attached hydrogen (secondary N) is 2. The number of anilines is 1. The largest absolute Gasteiger partial charge is 0.390 e. The van der Waals surface area contributed by atoms with Crippen LogP contribution in [0, 0.1) is 19.8 Å². The lowest BCUT2D eigenvalue weighted by Gasteiger charge is -2.37. The molecule has 2 heterocycles. The number of thioether (sulfide) groups is 1. The number of aliphatic imine (C=N–C) groups is 1. The Labute approximate surface area is 188 Å². The molecule has 0 aromatic heterocycles. The molecule has 0 unspecified atom stereocenters. The third-order valence-electron chi connectivity index (χ3n) is 6.47. The molecule has 170 valence electrons. The predicted octanol–water partition coefficient (Wildman–Crippen LogP) is 1.90. The maximum atomic E-state index is 13.0. The molecular formula is C23H34N4O3S. The first-order chi connectivity index (χ1) is 14.9. The number of amidine groups is 1. The molecule has 1 aromatic carbocycles. The summed E-state index contributed by atoms with van der Waals surface area (Å²) in [5.41, 5.74) is 3.26. The van der Waals surface area contributed by atoms with Gasteiger partial charge in [-0.2, -0.15) is 0 Å². The zero-order valence-electron chi connectivity index (χ0n) is 18.4. The van der Waals surface area contributed by atoms with E-state index < -0.39 is 18.2 Å². The quantitative estimate of drug-likeness (QED) is 0.552. The number of benzene rings is 1. The van der Waals surface area contributed by atoms with Gasteiger partial charge in [-0.3, -0.25) is 9.79 Å². The molecule has 0 spiro atoms. The Morgan fingerprint density at radius 3 is 2.58 bits per heavy atom. The van der Waals surface area contributed by atoms with E-state index in [-0.39, 0.29) is 23.5 Å². The van der Waals surface area contributed by atoms with Gasteiger partial charge in [0, 0.05) is 24.0 Å². The molecule has 1 aliphatic carbocycles. The van der Waals surface area contributed by atoms with Crippen molar-refractivity contribution in [2.75, 3.05) is 31.5 Å². The van der Waals surface area contributed by atoms with Gasteiger partial charge in [-0.25, -0.2) is 0 Å². The van der Waals surface area contributed by atoms with Gasteiger partial charge in [-0.15, -0.1) is 0 Å². The van der Waals surface area contributed by atoms with E-state index in [9.17, 15) is 15.0 Å². The number of fused-ring (bicyclic) bond motifs is 1. The van der Waals surface area contributed by atoms with Crippen molar-refractivity contribution in [3.63, 3.8) is 0 Å². The van der Waals surface area contributed by atoms with Crippen LogP contribution >= 0.6 is 11.8 Å². The topological polar surface area (TPSA) is 97.2 Å². The molecule has 8 heteroatoms. The van der Waals surface area contributed by atoms with Crippen molar-refractivity contribution in [1.29, 1.82) is 0 Å². The number of piperidine rings is 1. The van der Waals surface area contributed by atoms with Crippen molar-refractivity contribution < 1.29 is 15.0 Å². The lowest BCUT2D eigenvalue weighted by Crippen LogP contribution is -2.54. The predicted molar refractivity (Wildman–Crippen MR) is 126 cm³/mol. The molecule has 1 aromatic rings. The van der Waals surface area contributed by atoms with Gasteiger partial charge < -0.3 is 25.7 Å². The van der Waals surface area contributed by atoms with E-state index in [4.69, 9.17) is 0 Å². The number of aliphatic hydroxyl groups is 2. The van der Waals surface area contributed by atoms with Gasteiger partial charge in [0.2, 0.25) is 5.91 Å². The number of hydrogen-bond donors (Lipinski definition) is 4. The van der Waals surface area contributed by atoms with Crippen LogP contribution in [-0.4, -0.2) is 75.9 Å². The molecule has 2 aliphatic heterocycles. The Balaban J connectivity index is 1.38. The molecular weight excluding hydrogens is 412 g/mol. The minimum Gasteiger partial charge on any atom is -0.390 e. The molecule has 1 saturated heterocycles. The van der Waals surface area contributed by atoms with E-state index in [1.165, 1.54) is 31.0 Å². The van der Waals surface area contributed by atoms with Gasteiger partial charge in [0.25, 0.3) is 0 Å². The normalized spacial score (nSPS) is 31.1. The Morgan fingerprint density at radius 1 is 1.16 bits per heavy atom. The summed E-state index contributed by atoms with van der Waals surface area (Å²) in [5, 5.41) is 27.8. The number of hydrogen-bond acceptors (Lipinski definition) is 7. The smallest absolute Gasteiger partial charge is 0.224 e. The van der Waals surface area contributed by atoms with Crippen LogP contribution in [0.25, 0.3) is 0 Å². The first kappa shape index (κ1) is 22.6. The number of aryl methyl sites for hydroxylation is 2. The molecule has 4 N–H and O–H groups in total. The molecule has 7 nitrogen and oxygen atoms in total. The standard InChI is InChI=1S/C23H34N4O3S/c1-14-10-15(2)12-16(11-14)25-23-26-19-20(29)18(28)13-17(21(19)31-23)22(30)24-6-9-27-7-4-3-5-8-27/h10-12,17-21,28-29H,3-9,13H2,1-2H3,(H,24,30)(H,25,26)/t17-,18+,19-,20-,21+/m0/s1. The maximum Gasteiger partial charge on any atom is 0.224 e. The Bertz CT molecular complexity index is 807. The average molecular weight is 447 g/mol. The molecule has 3 aliphatic rings. The molecule has 2 fully saturated rings. The van der Waals surface area contributed by atoms with Crippen LogP contribution in [0.4, 0.5) is 5.69 Å². The molecule has 4 rings (SSSR count). The average Bonchev–Trinajstić information content (AvgIpc) is 3.14. The van der Waals surface area contributed by atoms with E-state index in [1.54, 1.807) is 0 Å². The van der Waals surface area contributed by atoms with E-state index in [1.807, 2.05) is 26.0 Å². The molecule has 0 radical (unpaired) electrons. The van der Waals surface area contributed by atoms with Crippen LogP contribution in [-0.2, 0) is 4.79 Å². The van der Waals surface area contributed by atoms with Gasteiger partial charge in [0.15, 0.2) is 5.17 Å². The summed E-state index contributed by atoms with van der Waals surface area (Å²) < 4.78 is 0. The number of likely N-dealkylation sites (tertiary alicyclic amines) is 1. The number of rotatable bonds is 5.